The Hall–Kier alpha value is -1.30. The molecule has 2 unspecified atom stereocenters. The molecule has 0 saturated heterocycles. The maximum Gasteiger partial charge on any atom is 0.310 e. The Bertz CT molecular complexity index is 393. The Morgan fingerprint density at radius 2 is 1.94 bits per heavy atom. The zero-order chi connectivity index (χ0) is 13.4. The fraction of sp³-hybridized carbons (Fsp3) is 0.714. The molecule has 3 nitrogen and oxygen atoms in total. The number of rotatable bonds is 2. The molecule has 0 aliphatic heterocycles. The Labute approximate surface area is 103 Å². The van der Waals surface area contributed by atoms with Gasteiger partial charge < -0.3 is 4.74 Å². The summed E-state index contributed by atoms with van der Waals surface area (Å²) in [4.78, 5) is 12.0. The Morgan fingerprint density at radius 1 is 1.41 bits per heavy atom. The highest BCUT2D eigenvalue weighted by molar-refractivity contribution is 5.78. The van der Waals surface area contributed by atoms with Crippen molar-refractivity contribution >= 4 is 5.97 Å². The minimum atomic E-state index is -0.450. The number of nitrogens with zero attached hydrogens (tertiary/aromatic N) is 1. The molecular weight excluding hydrogens is 214 g/mol. The molecule has 1 aliphatic carbocycles. The molecule has 1 fully saturated rings. The van der Waals surface area contributed by atoms with E-state index in [9.17, 15) is 4.79 Å². The quantitative estimate of drug-likeness (QED) is 0.546. The minimum absolute atomic E-state index is 0.0968. The molecule has 0 bridgehead atoms. The molecule has 1 rings (SSSR count). The molecule has 1 saturated carbocycles. The Kier molecular flexibility index (Phi) is 3.38. The first-order valence-electron chi connectivity index (χ1n) is 5.91. The molecule has 0 heterocycles. The molecule has 0 amide bonds. The SMILES string of the molecule is C/C(C#N)=C\C1C(C(=O)OC(C)(C)C)C1(C)C. The summed E-state index contributed by atoms with van der Waals surface area (Å²) < 4.78 is 5.39. The van der Waals surface area contributed by atoms with Crippen LogP contribution >= 0.6 is 0 Å². The average molecular weight is 235 g/mol. The van der Waals surface area contributed by atoms with Crippen LogP contribution in [0.2, 0.25) is 0 Å². The first-order chi connectivity index (χ1) is 7.59. The van der Waals surface area contributed by atoms with Crippen LogP contribution in [-0.2, 0) is 9.53 Å². The van der Waals surface area contributed by atoms with Gasteiger partial charge in [-0.05, 0) is 39.0 Å². The fourth-order valence-corrected chi connectivity index (χ4v) is 2.11. The van der Waals surface area contributed by atoms with Gasteiger partial charge in [0.15, 0.2) is 0 Å². The number of hydrogen-bond acceptors (Lipinski definition) is 3. The molecule has 94 valence electrons. The summed E-state index contributed by atoms with van der Waals surface area (Å²) in [5.41, 5.74) is 0.114. The van der Waals surface area contributed by atoms with E-state index >= 15 is 0 Å². The molecule has 17 heavy (non-hydrogen) atoms. The molecule has 0 aromatic carbocycles. The molecule has 0 aromatic rings. The monoisotopic (exact) mass is 235 g/mol. The van der Waals surface area contributed by atoms with Crippen LogP contribution in [0.15, 0.2) is 11.6 Å². The van der Waals surface area contributed by atoms with E-state index in [2.05, 4.69) is 6.07 Å². The van der Waals surface area contributed by atoms with Crippen LogP contribution in [0.5, 0.6) is 0 Å². The van der Waals surface area contributed by atoms with Crippen LogP contribution in [0, 0.1) is 28.6 Å². The number of carbonyl (C=O) groups is 1. The van der Waals surface area contributed by atoms with Crippen LogP contribution in [0.4, 0.5) is 0 Å². The fourth-order valence-electron chi connectivity index (χ4n) is 2.11. The van der Waals surface area contributed by atoms with Crippen molar-refractivity contribution in [2.75, 3.05) is 0 Å². The third-order valence-corrected chi connectivity index (χ3v) is 3.18. The van der Waals surface area contributed by atoms with E-state index in [-0.39, 0.29) is 23.2 Å². The van der Waals surface area contributed by atoms with E-state index in [1.54, 1.807) is 6.92 Å². The number of nitriles is 1. The van der Waals surface area contributed by atoms with Gasteiger partial charge in [0.25, 0.3) is 0 Å². The van der Waals surface area contributed by atoms with Gasteiger partial charge >= 0.3 is 5.97 Å². The highest BCUT2D eigenvalue weighted by Gasteiger charge is 2.61. The first-order valence-corrected chi connectivity index (χ1v) is 5.91. The predicted octanol–water partition coefficient (Wildman–Crippen LogP) is 3.07. The van der Waals surface area contributed by atoms with Crippen molar-refractivity contribution in [1.82, 2.24) is 0 Å². The van der Waals surface area contributed by atoms with Crippen LogP contribution in [-0.4, -0.2) is 11.6 Å². The largest absolute Gasteiger partial charge is 0.460 e. The zero-order valence-corrected chi connectivity index (χ0v) is 11.5. The van der Waals surface area contributed by atoms with Crippen molar-refractivity contribution in [3.8, 4) is 6.07 Å². The summed E-state index contributed by atoms with van der Waals surface area (Å²) in [5.74, 6) is -0.156. The van der Waals surface area contributed by atoms with Crippen molar-refractivity contribution in [3.63, 3.8) is 0 Å². The van der Waals surface area contributed by atoms with Crippen molar-refractivity contribution in [2.45, 2.75) is 47.1 Å². The van der Waals surface area contributed by atoms with Crippen molar-refractivity contribution < 1.29 is 9.53 Å². The second-order valence-corrected chi connectivity index (χ2v) is 6.32. The van der Waals surface area contributed by atoms with E-state index in [4.69, 9.17) is 10.00 Å². The number of carbonyl (C=O) groups excluding carboxylic acids is 1. The first kappa shape index (κ1) is 13.8. The smallest absolute Gasteiger partial charge is 0.310 e. The molecule has 1 aliphatic rings. The van der Waals surface area contributed by atoms with E-state index in [1.807, 2.05) is 40.7 Å². The molecule has 2 atom stereocenters. The lowest BCUT2D eigenvalue weighted by molar-refractivity contribution is -0.157. The highest BCUT2D eigenvalue weighted by atomic mass is 16.6. The van der Waals surface area contributed by atoms with Crippen LogP contribution in [0.3, 0.4) is 0 Å². The zero-order valence-electron chi connectivity index (χ0n) is 11.5. The van der Waals surface area contributed by atoms with Gasteiger partial charge in [-0.1, -0.05) is 19.9 Å². The lowest BCUT2D eigenvalue weighted by Crippen LogP contribution is -2.26. The molecular formula is C14H21NO2. The number of ether oxygens (including phenoxy) is 1. The van der Waals surface area contributed by atoms with Gasteiger partial charge in [-0.15, -0.1) is 0 Å². The maximum atomic E-state index is 12.0. The van der Waals surface area contributed by atoms with E-state index < -0.39 is 5.60 Å². The van der Waals surface area contributed by atoms with E-state index in [1.165, 1.54) is 0 Å². The topological polar surface area (TPSA) is 50.1 Å². The van der Waals surface area contributed by atoms with Crippen molar-refractivity contribution in [3.05, 3.63) is 11.6 Å². The Balaban J connectivity index is 2.76. The molecule has 0 N–H and O–H groups in total. The highest BCUT2D eigenvalue weighted by Crippen LogP contribution is 2.60. The standard InChI is InChI=1S/C14H21NO2/c1-9(8-15)7-10-11(14(10,5)6)12(16)17-13(2,3)4/h7,10-11H,1-6H3/b9-7+. The summed E-state index contributed by atoms with van der Waals surface area (Å²) >= 11 is 0. The van der Waals surface area contributed by atoms with Gasteiger partial charge in [-0.2, -0.15) is 5.26 Å². The summed E-state index contributed by atoms with van der Waals surface area (Å²) in [6.07, 6.45) is 1.88. The average Bonchev–Trinajstić information content (AvgIpc) is 2.65. The number of allylic oxidation sites excluding steroid dienone is 2. The second kappa shape index (κ2) is 4.18. The van der Waals surface area contributed by atoms with Gasteiger partial charge in [-0.3, -0.25) is 4.79 Å². The summed E-state index contributed by atoms with van der Waals surface area (Å²) in [6, 6.07) is 2.09. The normalized spacial score (nSPS) is 27.2. The van der Waals surface area contributed by atoms with Gasteiger partial charge in [0.2, 0.25) is 0 Å². The van der Waals surface area contributed by atoms with E-state index in [0.717, 1.165) is 0 Å². The summed E-state index contributed by atoms with van der Waals surface area (Å²) in [5, 5.41) is 8.76. The van der Waals surface area contributed by atoms with Crippen molar-refractivity contribution in [2.24, 2.45) is 17.3 Å². The number of hydrogen-bond donors (Lipinski definition) is 0. The van der Waals surface area contributed by atoms with Crippen LogP contribution in [0.1, 0.15) is 41.5 Å². The molecule has 0 spiro atoms. The van der Waals surface area contributed by atoms with Crippen LogP contribution in [0.25, 0.3) is 0 Å². The van der Waals surface area contributed by atoms with Gasteiger partial charge in [0, 0.05) is 5.57 Å². The third-order valence-electron chi connectivity index (χ3n) is 3.18. The lowest BCUT2D eigenvalue weighted by Gasteiger charge is -2.19. The van der Waals surface area contributed by atoms with Gasteiger partial charge in [0.05, 0.1) is 12.0 Å². The molecule has 3 heteroatoms. The Morgan fingerprint density at radius 3 is 2.35 bits per heavy atom. The van der Waals surface area contributed by atoms with Gasteiger partial charge in [0.1, 0.15) is 5.60 Å². The maximum absolute atomic E-state index is 12.0. The lowest BCUT2D eigenvalue weighted by atomic mass is 10.1. The summed E-state index contributed by atoms with van der Waals surface area (Å²) in [6.45, 7) is 11.4. The molecule has 0 aromatic heterocycles. The third kappa shape index (κ3) is 3.09. The molecule has 0 radical (unpaired) electrons. The second-order valence-electron chi connectivity index (χ2n) is 6.32. The van der Waals surface area contributed by atoms with Gasteiger partial charge in [-0.25, -0.2) is 0 Å². The minimum Gasteiger partial charge on any atom is -0.460 e. The number of esters is 1. The van der Waals surface area contributed by atoms with Crippen LogP contribution < -0.4 is 0 Å². The summed E-state index contributed by atoms with van der Waals surface area (Å²) in [7, 11) is 0. The van der Waals surface area contributed by atoms with E-state index in [0.29, 0.717) is 5.57 Å². The predicted molar refractivity (Wildman–Crippen MR) is 66.0 cm³/mol. The van der Waals surface area contributed by atoms with Crippen molar-refractivity contribution in [1.29, 1.82) is 5.26 Å².